The van der Waals surface area contributed by atoms with Crippen LogP contribution in [0, 0.1) is 6.92 Å². The Kier molecular flexibility index (Phi) is 5.67. The number of amides is 1. The number of fused-ring (bicyclic) bond motifs is 1. The predicted octanol–water partition coefficient (Wildman–Crippen LogP) is 3.98. The molecule has 4 aromatic rings. The quantitative estimate of drug-likeness (QED) is 0.375. The van der Waals surface area contributed by atoms with Crippen molar-refractivity contribution >= 4 is 34.5 Å². The number of aryl methyl sites for hydroxylation is 2. The second-order valence-corrected chi connectivity index (χ2v) is 7.68. The molecular weight excluding hydrogens is 400 g/mol. The van der Waals surface area contributed by atoms with Crippen molar-refractivity contribution < 1.29 is 9.32 Å². The molecule has 0 aliphatic heterocycles. The van der Waals surface area contributed by atoms with Crippen LogP contribution in [-0.4, -0.2) is 26.4 Å². The lowest BCUT2D eigenvalue weighted by Crippen LogP contribution is -2.23. The Hall–Kier alpha value is -3.39. The van der Waals surface area contributed by atoms with Gasteiger partial charge in [-0.2, -0.15) is 0 Å². The standard InChI is InChI=1S/C22H20N4O3S/c1-3-15-8-10-16(11-9-15)26-21(28)17-6-4-5-7-18(17)23-22(26)30-13-19(27)24-20-12-14(2)25-29-20/h4-12H,3,13H2,1-2H3,(H,24,27). The van der Waals surface area contributed by atoms with Crippen molar-refractivity contribution in [3.05, 3.63) is 76.2 Å². The number of carbonyl (C=O) groups is 1. The molecule has 0 saturated heterocycles. The topological polar surface area (TPSA) is 90.0 Å². The Morgan fingerprint density at radius 2 is 1.93 bits per heavy atom. The van der Waals surface area contributed by atoms with Crippen LogP contribution in [0.3, 0.4) is 0 Å². The molecule has 0 saturated carbocycles. The zero-order valence-corrected chi connectivity index (χ0v) is 17.4. The number of rotatable bonds is 6. The molecule has 1 N–H and O–H groups in total. The molecule has 0 aliphatic rings. The number of anilines is 1. The van der Waals surface area contributed by atoms with Crippen LogP contribution in [0.5, 0.6) is 0 Å². The second-order valence-electron chi connectivity index (χ2n) is 6.74. The lowest BCUT2D eigenvalue weighted by Gasteiger charge is -2.13. The molecule has 2 aromatic heterocycles. The molecule has 0 atom stereocenters. The number of hydrogen-bond donors (Lipinski definition) is 1. The number of thioether (sulfide) groups is 1. The maximum Gasteiger partial charge on any atom is 0.266 e. The van der Waals surface area contributed by atoms with Gasteiger partial charge in [0.05, 0.1) is 28.0 Å². The molecule has 2 heterocycles. The molecule has 0 fully saturated rings. The van der Waals surface area contributed by atoms with Gasteiger partial charge in [-0.1, -0.05) is 48.1 Å². The van der Waals surface area contributed by atoms with Crippen molar-refractivity contribution in [1.82, 2.24) is 14.7 Å². The maximum absolute atomic E-state index is 13.2. The molecule has 1 amide bonds. The van der Waals surface area contributed by atoms with Gasteiger partial charge in [0, 0.05) is 6.07 Å². The Balaban J connectivity index is 1.68. The monoisotopic (exact) mass is 420 g/mol. The molecular formula is C22H20N4O3S. The van der Waals surface area contributed by atoms with Gasteiger partial charge in [0.1, 0.15) is 0 Å². The highest BCUT2D eigenvalue weighted by Crippen LogP contribution is 2.22. The SMILES string of the molecule is CCc1ccc(-n2c(SCC(=O)Nc3cc(C)no3)nc3ccccc3c2=O)cc1. The third kappa shape index (κ3) is 4.13. The fourth-order valence-electron chi connectivity index (χ4n) is 3.04. The van der Waals surface area contributed by atoms with Crippen LogP contribution < -0.4 is 10.9 Å². The normalized spacial score (nSPS) is 11.0. The predicted molar refractivity (Wildman–Crippen MR) is 117 cm³/mol. The highest BCUT2D eigenvalue weighted by Gasteiger charge is 2.15. The molecule has 8 heteroatoms. The van der Waals surface area contributed by atoms with Gasteiger partial charge < -0.3 is 4.52 Å². The van der Waals surface area contributed by atoms with E-state index in [2.05, 4.69) is 22.4 Å². The van der Waals surface area contributed by atoms with Crippen molar-refractivity contribution in [3.63, 3.8) is 0 Å². The summed E-state index contributed by atoms with van der Waals surface area (Å²) in [4.78, 5) is 30.2. The molecule has 0 spiro atoms. The van der Waals surface area contributed by atoms with E-state index in [4.69, 9.17) is 4.52 Å². The summed E-state index contributed by atoms with van der Waals surface area (Å²) in [6.07, 6.45) is 0.911. The number of nitrogens with zero attached hydrogens (tertiary/aromatic N) is 3. The van der Waals surface area contributed by atoms with Crippen LogP contribution in [0.25, 0.3) is 16.6 Å². The van der Waals surface area contributed by atoms with Gasteiger partial charge in [-0.25, -0.2) is 4.98 Å². The highest BCUT2D eigenvalue weighted by molar-refractivity contribution is 7.99. The van der Waals surface area contributed by atoms with E-state index in [1.54, 1.807) is 29.7 Å². The molecule has 7 nitrogen and oxygen atoms in total. The van der Waals surface area contributed by atoms with Crippen molar-refractivity contribution in [2.75, 3.05) is 11.1 Å². The summed E-state index contributed by atoms with van der Waals surface area (Å²) in [5.41, 5.74) is 3.00. The molecule has 30 heavy (non-hydrogen) atoms. The van der Waals surface area contributed by atoms with E-state index in [0.717, 1.165) is 6.42 Å². The molecule has 0 unspecified atom stereocenters. The van der Waals surface area contributed by atoms with Gasteiger partial charge >= 0.3 is 0 Å². The highest BCUT2D eigenvalue weighted by atomic mass is 32.2. The smallest absolute Gasteiger partial charge is 0.266 e. The van der Waals surface area contributed by atoms with E-state index in [1.165, 1.54) is 17.3 Å². The molecule has 4 rings (SSSR count). The lowest BCUT2D eigenvalue weighted by atomic mass is 10.1. The van der Waals surface area contributed by atoms with Crippen molar-refractivity contribution in [2.24, 2.45) is 0 Å². The minimum absolute atomic E-state index is 0.0670. The van der Waals surface area contributed by atoms with E-state index in [0.29, 0.717) is 27.4 Å². The first-order chi connectivity index (χ1) is 14.5. The van der Waals surface area contributed by atoms with Crippen LogP contribution in [-0.2, 0) is 11.2 Å². The first-order valence-electron chi connectivity index (χ1n) is 9.52. The zero-order valence-electron chi connectivity index (χ0n) is 16.6. The van der Waals surface area contributed by atoms with Gasteiger partial charge in [0.2, 0.25) is 11.8 Å². The summed E-state index contributed by atoms with van der Waals surface area (Å²) in [6.45, 7) is 3.85. The fraction of sp³-hybridized carbons (Fsp3) is 0.182. The molecule has 2 aromatic carbocycles. The van der Waals surface area contributed by atoms with Crippen molar-refractivity contribution in [2.45, 2.75) is 25.4 Å². The summed E-state index contributed by atoms with van der Waals surface area (Å²) >= 11 is 1.19. The molecule has 0 radical (unpaired) electrons. The first kappa shape index (κ1) is 19.9. The third-order valence-electron chi connectivity index (χ3n) is 4.57. The maximum atomic E-state index is 13.2. The number of benzene rings is 2. The van der Waals surface area contributed by atoms with Crippen LogP contribution in [0.2, 0.25) is 0 Å². The minimum Gasteiger partial charge on any atom is -0.338 e. The Morgan fingerprint density at radius 3 is 2.63 bits per heavy atom. The van der Waals surface area contributed by atoms with Crippen LogP contribution in [0.4, 0.5) is 5.88 Å². The van der Waals surface area contributed by atoms with Gasteiger partial charge in [0.25, 0.3) is 5.56 Å². The number of para-hydroxylation sites is 1. The lowest BCUT2D eigenvalue weighted by molar-refractivity contribution is -0.113. The van der Waals surface area contributed by atoms with Gasteiger partial charge in [-0.05, 0) is 43.2 Å². The Bertz CT molecular complexity index is 1260. The van der Waals surface area contributed by atoms with Gasteiger partial charge in [-0.3, -0.25) is 19.5 Å². The largest absolute Gasteiger partial charge is 0.338 e. The summed E-state index contributed by atoms with van der Waals surface area (Å²) in [5.74, 6) is 0.0842. The van der Waals surface area contributed by atoms with E-state index < -0.39 is 0 Å². The second kappa shape index (κ2) is 8.54. The zero-order chi connectivity index (χ0) is 21.1. The average Bonchev–Trinajstić information content (AvgIpc) is 3.17. The number of aromatic nitrogens is 3. The minimum atomic E-state index is -0.272. The van der Waals surface area contributed by atoms with E-state index in [9.17, 15) is 9.59 Å². The summed E-state index contributed by atoms with van der Waals surface area (Å²) in [7, 11) is 0. The Labute approximate surface area is 177 Å². The van der Waals surface area contributed by atoms with E-state index >= 15 is 0 Å². The van der Waals surface area contributed by atoms with E-state index in [1.807, 2.05) is 36.4 Å². The van der Waals surface area contributed by atoms with Crippen LogP contribution in [0.15, 0.2) is 69.1 Å². The summed E-state index contributed by atoms with van der Waals surface area (Å²) in [5, 5.41) is 7.38. The van der Waals surface area contributed by atoms with Crippen molar-refractivity contribution in [1.29, 1.82) is 0 Å². The van der Waals surface area contributed by atoms with Crippen LogP contribution in [0.1, 0.15) is 18.2 Å². The molecule has 0 aliphatic carbocycles. The van der Waals surface area contributed by atoms with Crippen molar-refractivity contribution in [3.8, 4) is 5.69 Å². The summed E-state index contributed by atoms with van der Waals surface area (Å²) in [6, 6.07) is 16.6. The fourth-order valence-corrected chi connectivity index (χ4v) is 3.86. The molecule has 152 valence electrons. The third-order valence-corrected chi connectivity index (χ3v) is 5.51. The number of nitrogens with one attached hydrogen (secondary N) is 1. The molecule has 0 bridgehead atoms. The average molecular weight is 420 g/mol. The number of carbonyl (C=O) groups excluding carboxylic acids is 1. The number of hydrogen-bond acceptors (Lipinski definition) is 6. The van der Waals surface area contributed by atoms with E-state index in [-0.39, 0.29) is 23.1 Å². The summed E-state index contributed by atoms with van der Waals surface area (Å²) < 4.78 is 6.57. The van der Waals surface area contributed by atoms with Gasteiger partial charge in [0.15, 0.2) is 5.16 Å². The van der Waals surface area contributed by atoms with Gasteiger partial charge in [-0.15, -0.1) is 0 Å². The van der Waals surface area contributed by atoms with Crippen LogP contribution >= 0.6 is 11.8 Å². The first-order valence-corrected chi connectivity index (χ1v) is 10.5. The Morgan fingerprint density at radius 1 is 1.17 bits per heavy atom.